The Morgan fingerprint density at radius 1 is 1.29 bits per heavy atom. The minimum Gasteiger partial charge on any atom is -0.345 e. The van der Waals surface area contributed by atoms with Crippen LogP contribution in [0.15, 0.2) is 59.9 Å². The SMILES string of the molecule is Cc1ccc(C(=O)NC(C)c2cccc(-n3ccnc3)c2)c(=O)[nH]1. The number of nitrogens with one attached hydrogen (secondary N) is 2. The number of carbonyl (C=O) groups is 1. The van der Waals surface area contributed by atoms with E-state index in [0.29, 0.717) is 0 Å². The number of carbonyl (C=O) groups excluding carboxylic acids is 1. The van der Waals surface area contributed by atoms with Crippen molar-refractivity contribution in [2.75, 3.05) is 0 Å². The standard InChI is InChI=1S/C18H18N4O2/c1-12-6-7-16(17(23)20-12)18(24)21-13(2)14-4-3-5-15(10-14)22-9-8-19-11-22/h3-11,13H,1-2H3,(H,20,23)(H,21,24). The molecule has 0 aliphatic carbocycles. The van der Waals surface area contributed by atoms with Crippen molar-refractivity contribution < 1.29 is 4.79 Å². The predicted molar refractivity (Wildman–Crippen MR) is 91.2 cm³/mol. The van der Waals surface area contributed by atoms with Crippen molar-refractivity contribution in [3.05, 3.63) is 82.3 Å². The number of aryl methyl sites for hydroxylation is 1. The Kier molecular flexibility index (Phi) is 4.29. The highest BCUT2D eigenvalue weighted by Gasteiger charge is 2.14. The van der Waals surface area contributed by atoms with Crippen LogP contribution in [0.5, 0.6) is 0 Å². The maximum absolute atomic E-state index is 12.3. The first kappa shape index (κ1) is 15.7. The predicted octanol–water partition coefficient (Wildman–Crippen LogP) is 2.36. The summed E-state index contributed by atoms with van der Waals surface area (Å²) in [5.41, 5.74) is 2.35. The molecule has 1 amide bonds. The molecule has 1 aromatic carbocycles. The molecule has 6 nitrogen and oxygen atoms in total. The molecule has 2 aromatic heterocycles. The fourth-order valence-electron chi connectivity index (χ4n) is 2.48. The van der Waals surface area contributed by atoms with Crippen LogP contribution in [0.3, 0.4) is 0 Å². The fraction of sp³-hybridized carbons (Fsp3) is 0.167. The number of H-pyrrole nitrogens is 1. The molecule has 2 heterocycles. The Bertz CT molecular complexity index is 913. The van der Waals surface area contributed by atoms with Gasteiger partial charge in [-0.25, -0.2) is 4.98 Å². The van der Waals surface area contributed by atoms with E-state index in [4.69, 9.17) is 0 Å². The van der Waals surface area contributed by atoms with E-state index in [9.17, 15) is 9.59 Å². The van der Waals surface area contributed by atoms with Gasteiger partial charge in [-0.1, -0.05) is 12.1 Å². The van der Waals surface area contributed by atoms with Crippen LogP contribution in [0, 0.1) is 6.92 Å². The van der Waals surface area contributed by atoms with Crippen LogP contribution in [0.25, 0.3) is 5.69 Å². The van der Waals surface area contributed by atoms with Crippen molar-refractivity contribution >= 4 is 5.91 Å². The maximum atomic E-state index is 12.3. The van der Waals surface area contributed by atoms with E-state index in [2.05, 4.69) is 15.3 Å². The van der Waals surface area contributed by atoms with E-state index in [1.807, 2.05) is 42.0 Å². The second kappa shape index (κ2) is 6.54. The smallest absolute Gasteiger partial charge is 0.260 e. The van der Waals surface area contributed by atoms with E-state index in [1.165, 1.54) is 6.07 Å². The lowest BCUT2D eigenvalue weighted by Crippen LogP contribution is -2.31. The Morgan fingerprint density at radius 3 is 2.83 bits per heavy atom. The first-order valence-electron chi connectivity index (χ1n) is 7.63. The van der Waals surface area contributed by atoms with E-state index < -0.39 is 5.91 Å². The van der Waals surface area contributed by atoms with Crippen LogP contribution in [0.1, 0.15) is 34.6 Å². The molecule has 3 rings (SSSR count). The summed E-state index contributed by atoms with van der Waals surface area (Å²) in [6.45, 7) is 3.65. The number of aromatic nitrogens is 3. The first-order valence-corrected chi connectivity index (χ1v) is 7.63. The van der Waals surface area contributed by atoms with E-state index in [0.717, 1.165) is 16.9 Å². The van der Waals surface area contributed by atoms with Crippen LogP contribution in [-0.2, 0) is 0 Å². The summed E-state index contributed by atoms with van der Waals surface area (Å²) in [7, 11) is 0. The van der Waals surface area contributed by atoms with Gasteiger partial charge in [-0.15, -0.1) is 0 Å². The zero-order valence-corrected chi connectivity index (χ0v) is 13.5. The summed E-state index contributed by atoms with van der Waals surface area (Å²) in [5.74, 6) is -0.392. The fourth-order valence-corrected chi connectivity index (χ4v) is 2.48. The molecule has 1 unspecified atom stereocenters. The lowest BCUT2D eigenvalue weighted by molar-refractivity contribution is 0.0938. The summed E-state index contributed by atoms with van der Waals surface area (Å²) in [4.78, 5) is 30.9. The van der Waals surface area contributed by atoms with Crippen LogP contribution >= 0.6 is 0 Å². The number of hydrogen-bond acceptors (Lipinski definition) is 3. The van der Waals surface area contributed by atoms with Gasteiger partial charge in [0.1, 0.15) is 5.56 Å². The lowest BCUT2D eigenvalue weighted by Gasteiger charge is -2.15. The van der Waals surface area contributed by atoms with Gasteiger partial charge in [-0.2, -0.15) is 0 Å². The monoisotopic (exact) mass is 322 g/mol. The maximum Gasteiger partial charge on any atom is 0.260 e. The van der Waals surface area contributed by atoms with Crippen LogP contribution < -0.4 is 10.9 Å². The molecule has 2 N–H and O–H groups in total. The third kappa shape index (κ3) is 3.27. The van der Waals surface area contributed by atoms with Crippen molar-refractivity contribution in [3.8, 4) is 5.69 Å². The Balaban J connectivity index is 1.80. The normalized spacial score (nSPS) is 11.9. The highest BCUT2D eigenvalue weighted by Crippen LogP contribution is 2.17. The van der Waals surface area contributed by atoms with Gasteiger partial charge in [0.15, 0.2) is 0 Å². The summed E-state index contributed by atoms with van der Waals surface area (Å²) in [5, 5.41) is 2.86. The van der Waals surface area contributed by atoms with Gasteiger partial charge < -0.3 is 14.9 Å². The average molecular weight is 322 g/mol. The Morgan fingerprint density at radius 2 is 2.12 bits per heavy atom. The van der Waals surface area contributed by atoms with Gasteiger partial charge in [0.05, 0.1) is 12.4 Å². The zero-order valence-electron chi connectivity index (χ0n) is 13.5. The summed E-state index contributed by atoms with van der Waals surface area (Å²) < 4.78 is 1.89. The molecule has 6 heteroatoms. The van der Waals surface area contributed by atoms with Gasteiger partial charge in [-0.05, 0) is 43.7 Å². The highest BCUT2D eigenvalue weighted by molar-refractivity contribution is 5.94. The number of amides is 1. The number of benzene rings is 1. The summed E-state index contributed by atoms with van der Waals surface area (Å²) in [6, 6.07) is 10.8. The molecule has 0 aliphatic heterocycles. The van der Waals surface area contributed by atoms with E-state index in [1.54, 1.807) is 25.5 Å². The average Bonchev–Trinajstić information content (AvgIpc) is 3.09. The number of nitrogens with zero attached hydrogens (tertiary/aromatic N) is 2. The second-order valence-electron chi connectivity index (χ2n) is 5.64. The van der Waals surface area contributed by atoms with Crippen molar-refractivity contribution in [1.82, 2.24) is 19.9 Å². The minimum atomic E-state index is -0.392. The summed E-state index contributed by atoms with van der Waals surface area (Å²) in [6.07, 6.45) is 5.28. The van der Waals surface area contributed by atoms with Gasteiger partial charge in [-0.3, -0.25) is 9.59 Å². The quantitative estimate of drug-likeness (QED) is 0.774. The molecule has 0 saturated carbocycles. The largest absolute Gasteiger partial charge is 0.345 e. The third-order valence-corrected chi connectivity index (χ3v) is 3.82. The highest BCUT2D eigenvalue weighted by atomic mass is 16.2. The number of imidazole rings is 1. The molecule has 0 radical (unpaired) electrons. The van der Waals surface area contributed by atoms with Crippen molar-refractivity contribution in [3.63, 3.8) is 0 Å². The molecular weight excluding hydrogens is 304 g/mol. The Hall–Kier alpha value is -3.15. The number of hydrogen-bond donors (Lipinski definition) is 2. The second-order valence-corrected chi connectivity index (χ2v) is 5.64. The van der Waals surface area contributed by atoms with Gasteiger partial charge in [0.2, 0.25) is 0 Å². The number of aromatic amines is 1. The van der Waals surface area contributed by atoms with E-state index in [-0.39, 0.29) is 17.2 Å². The van der Waals surface area contributed by atoms with Gasteiger partial charge >= 0.3 is 0 Å². The van der Waals surface area contributed by atoms with Crippen molar-refractivity contribution in [2.45, 2.75) is 19.9 Å². The molecule has 0 fully saturated rings. The van der Waals surface area contributed by atoms with E-state index >= 15 is 0 Å². The molecule has 0 saturated heterocycles. The van der Waals surface area contributed by atoms with Crippen LogP contribution in [-0.4, -0.2) is 20.4 Å². The molecule has 0 spiro atoms. The van der Waals surface area contributed by atoms with Gasteiger partial charge in [0, 0.05) is 23.8 Å². The molecule has 1 atom stereocenters. The minimum absolute atomic E-state index is 0.109. The van der Waals surface area contributed by atoms with Crippen LogP contribution in [0.4, 0.5) is 0 Å². The van der Waals surface area contributed by atoms with Crippen molar-refractivity contribution in [1.29, 1.82) is 0 Å². The molecule has 24 heavy (non-hydrogen) atoms. The Labute approximate surface area is 139 Å². The van der Waals surface area contributed by atoms with Crippen LogP contribution in [0.2, 0.25) is 0 Å². The number of rotatable bonds is 4. The first-order chi connectivity index (χ1) is 11.5. The summed E-state index contributed by atoms with van der Waals surface area (Å²) >= 11 is 0. The number of pyridine rings is 1. The van der Waals surface area contributed by atoms with Gasteiger partial charge in [0.25, 0.3) is 11.5 Å². The third-order valence-electron chi connectivity index (χ3n) is 3.82. The molecule has 122 valence electrons. The molecule has 3 aromatic rings. The topological polar surface area (TPSA) is 79.8 Å². The molecule has 0 aliphatic rings. The zero-order chi connectivity index (χ0) is 17.1. The van der Waals surface area contributed by atoms with Crippen molar-refractivity contribution in [2.24, 2.45) is 0 Å². The lowest BCUT2D eigenvalue weighted by atomic mass is 10.1. The molecular formula is C18H18N4O2. The molecule has 0 bridgehead atoms.